The Balaban J connectivity index is 1.75. The molecule has 0 aliphatic heterocycles. The fourth-order valence-electron chi connectivity index (χ4n) is 2.62. The fraction of sp³-hybridized carbons (Fsp3) is 0.188. The summed E-state index contributed by atoms with van der Waals surface area (Å²) >= 11 is 0. The SMILES string of the molecule is Fc1ccccc1-c1nnc2ccc(NC3CC=CC3)nn12. The number of anilines is 1. The molecule has 0 spiro atoms. The second kappa shape index (κ2) is 5.22. The number of hydrogen-bond acceptors (Lipinski definition) is 4. The molecule has 1 N–H and O–H groups in total. The van der Waals surface area contributed by atoms with Gasteiger partial charge in [-0.1, -0.05) is 24.3 Å². The van der Waals surface area contributed by atoms with Crippen molar-refractivity contribution in [2.75, 3.05) is 5.32 Å². The van der Waals surface area contributed by atoms with Crippen LogP contribution in [0.5, 0.6) is 0 Å². The number of fused-ring (bicyclic) bond motifs is 1. The molecule has 1 aliphatic carbocycles. The van der Waals surface area contributed by atoms with Gasteiger partial charge in [-0.05, 0) is 37.1 Å². The van der Waals surface area contributed by atoms with E-state index >= 15 is 0 Å². The number of hydrogen-bond donors (Lipinski definition) is 1. The van der Waals surface area contributed by atoms with Gasteiger partial charge in [0.15, 0.2) is 11.5 Å². The molecule has 0 unspecified atom stereocenters. The van der Waals surface area contributed by atoms with Crippen LogP contribution in [-0.4, -0.2) is 25.9 Å². The fourth-order valence-corrected chi connectivity index (χ4v) is 2.62. The summed E-state index contributed by atoms with van der Waals surface area (Å²) in [5.41, 5.74) is 0.982. The molecule has 0 fully saturated rings. The first-order chi connectivity index (χ1) is 10.8. The van der Waals surface area contributed by atoms with Crippen LogP contribution in [0.3, 0.4) is 0 Å². The molecule has 4 rings (SSSR count). The van der Waals surface area contributed by atoms with Crippen molar-refractivity contribution in [2.24, 2.45) is 0 Å². The highest BCUT2D eigenvalue weighted by Crippen LogP contribution is 2.22. The van der Waals surface area contributed by atoms with Crippen LogP contribution < -0.4 is 5.32 Å². The zero-order valence-electron chi connectivity index (χ0n) is 11.8. The molecule has 0 bridgehead atoms. The summed E-state index contributed by atoms with van der Waals surface area (Å²) in [4.78, 5) is 0. The molecule has 0 saturated carbocycles. The Kier molecular flexibility index (Phi) is 3.07. The zero-order valence-corrected chi connectivity index (χ0v) is 11.8. The van der Waals surface area contributed by atoms with Gasteiger partial charge in [0.1, 0.15) is 11.6 Å². The lowest BCUT2D eigenvalue weighted by Crippen LogP contribution is -2.16. The monoisotopic (exact) mass is 295 g/mol. The van der Waals surface area contributed by atoms with E-state index in [1.54, 1.807) is 22.7 Å². The van der Waals surface area contributed by atoms with Crippen LogP contribution in [0.15, 0.2) is 48.6 Å². The summed E-state index contributed by atoms with van der Waals surface area (Å²) in [6, 6.07) is 10.6. The Morgan fingerprint density at radius 3 is 2.68 bits per heavy atom. The van der Waals surface area contributed by atoms with Crippen LogP contribution in [-0.2, 0) is 0 Å². The highest BCUT2D eigenvalue weighted by molar-refractivity contribution is 5.60. The van der Waals surface area contributed by atoms with E-state index in [1.165, 1.54) is 6.07 Å². The standard InChI is InChI=1S/C16H14FN5/c17-13-8-4-3-7-12(13)16-20-19-15-10-9-14(21-22(15)16)18-11-5-1-2-6-11/h1-4,7-11H,5-6H2,(H,18,21). The average molecular weight is 295 g/mol. The molecule has 3 aromatic rings. The third-order valence-electron chi connectivity index (χ3n) is 3.74. The highest BCUT2D eigenvalue weighted by Gasteiger charge is 2.15. The topological polar surface area (TPSA) is 55.1 Å². The molecule has 1 aromatic carbocycles. The number of nitrogens with one attached hydrogen (secondary N) is 1. The Labute approximate surface area is 126 Å². The van der Waals surface area contributed by atoms with Crippen LogP contribution in [0.2, 0.25) is 0 Å². The van der Waals surface area contributed by atoms with Crippen LogP contribution in [0, 0.1) is 5.82 Å². The number of aromatic nitrogens is 4. The predicted molar refractivity (Wildman–Crippen MR) is 82.0 cm³/mol. The van der Waals surface area contributed by atoms with E-state index in [1.807, 2.05) is 12.1 Å². The van der Waals surface area contributed by atoms with Crippen molar-refractivity contribution in [3.8, 4) is 11.4 Å². The smallest absolute Gasteiger partial charge is 0.188 e. The van der Waals surface area contributed by atoms with Crippen molar-refractivity contribution in [3.63, 3.8) is 0 Å². The van der Waals surface area contributed by atoms with Crippen molar-refractivity contribution >= 4 is 11.5 Å². The summed E-state index contributed by atoms with van der Waals surface area (Å²) in [6.45, 7) is 0. The van der Waals surface area contributed by atoms with Crippen molar-refractivity contribution in [1.82, 2.24) is 19.8 Å². The highest BCUT2D eigenvalue weighted by atomic mass is 19.1. The normalized spacial score (nSPS) is 14.8. The molecule has 1 aliphatic rings. The molecular formula is C16H14FN5. The molecule has 110 valence electrons. The lowest BCUT2D eigenvalue weighted by Gasteiger charge is -2.12. The van der Waals surface area contributed by atoms with E-state index in [9.17, 15) is 4.39 Å². The van der Waals surface area contributed by atoms with Crippen molar-refractivity contribution < 1.29 is 4.39 Å². The van der Waals surface area contributed by atoms with Gasteiger partial charge in [0.2, 0.25) is 0 Å². The second-order valence-corrected chi connectivity index (χ2v) is 5.28. The average Bonchev–Trinajstić information content (AvgIpc) is 3.17. The quantitative estimate of drug-likeness (QED) is 0.755. The van der Waals surface area contributed by atoms with E-state index < -0.39 is 0 Å². The first-order valence-electron chi connectivity index (χ1n) is 7.20. The van der Waals surface area contributed by atoms with E-state index in [0.29, 0.717) is 23.1 Å². The lowest BCUT2D eigenvalue weighted by atomic mass is 10.2. The van der Waals surface area contributed by atoms with E-state index in [-0.39, 0.29) is 5.82 Å². The van der Waals surface area contributed by atoms with Crippen LogP contribution in [0.4, 0.5) is 10.2 Å². The molecule has 0 amide bonds. The van der Waals surface area contributed by atoms with Crippen molar-refractivity contribution in [2.45, 2.75) is 18.9 Å². The molecular weight excluding hydrogens is 281 g/mol. The summed E-state index contributed by atoms with van der Waals surface area (Å²) in [5, 5.41) is 16.0. The van der Waals surface area contributed by atoms with Gasteiger partial charge in [0, 0.05) is 6.04 Å². The van der Waals surface area contributed by atoms with Gasteiger partial charge in [-0.2, -0.15) is 4.52 Å². The van der Waals surface area contributed by atoms with Crippen LogP contribution >= 0.6 is 0 Å². The predicted octanol–water partition coefficient (Wildman–Crippen LogP) is 3.06. The molecule has 6 heteroatoms. The number of nitrogens with zero attached hydrogens (tertiary/aromatic N) is 4. The molecule has 2 heterocycles. The summed E-state index contributed by atoms with van der Waals surface area (Å²) < 4.78 is 15.5. The minimum Gasteiger partial charge on any atom is -0.365 e. The number of benzene rings is 1. The molecule has 0 atom stereocenters. The Morgan fingerprint density at radius 2 is 1.86 bits per heavy atom. The van der Waals surface area contributed by atoms with Crippen LogP contribution in [0.25, 0.3) is 17.0 Å². The number of rotatable bonds is 3. The first kappa shape index (κ1) is 12.9. The van der Waals surface area contributed by atoms with Gasteiger partial charge in [0.05, 0.1) is 5.56 Å². The maximum Gasteiger partial charge on any atom is 0.188 e. The van der Waals surface area contributed by atoms with Crippen LogP contribution in [0.1, 0.15) is 12.8 Å². The van der Waals surface area contributed by atoms with Gasteiger partial charge >= 0.3 is 0 Å². The maximum absolute atomic E-state index is 14.0. The molecule has 2 aromatic heterocycles. The summed E-state index contributed by atoms with van der Waals surface area (Å²) in [5.74, 6) is 0.803. The first-order valence-corrected chi connectivity index (χ1v) is 7.20. The van der Waals surface area contributed by atoms with Gasteiger partial charge in [-0.25, -0.2) is 4.39 Å². The molecule has 5 nitrogen and oxygen atoms in total. The summed E-state index contributed by atoms with van der Waals surface area (Å²) in [6.07, 6.45) is 6.28. The van der Waals surface area contributed by atoms with E-state index in [2.05, 4.69) is 32.8 Å². The number of halogens is 1. The molecule has 0 radical (unpaired) electrons. The maximum atomic E-state index is 14.0. The Bertz CT molecular complexity index is 847. The Morgan fingerprint density at radius 1 is 1.05 bits per heavy atom. The minimum atomic E-state index is -0.336. The van der Waals surface area contributed by atoms with Crippen molar-refractivity contribution in [3.05, 3.63) is 54.4 Å². The van der Waals surface area contributed by atoms with Gasteiger partial charge < -0.3 is 5.32 Å². The van der Waals surface area contributed by atoms with E-state index in [4.69, 9.17) is 0 Å². The largest absolute Gasteiger partial charge is 0.365 e. The van der Waals surface area contributed by atoms with E-state index in [0.717, 1.165) is 18.7 Å². The zero-order chi connectivity index (χ0) is 14.9. The second-order valence-electron chi connectivity index (χ2n) is 5.28. The lowest BCUT2D eigenvalue weighted by molar-refractivity contribution is 0.629. The van der Waals surface area contributed by atoms with Gasteiger partial charge in [0.25, 0.3) is 0 Å². The third kappa shape index (κ3) is 2.22. The third-order valence-corrected chi connectivity index (χ3v) is 3.74. The van der Waals surface area contributed by atoms with Crippen molar-refractivity contribution in [1.29, 1.82) is 0 Å². The summed E-state index contributed by atoms with van der Waals surface area (Å²) in [7, 11) is 0. The minimum absolute atomic E-state index is 0.336. The molecule has 22 heavy (non-hydrogen) atoms. The Hall–Kier alpha value is -2.76. The molecule has 0 saturated heterocycles. The van der Waals surface area contributed by atoms with Gasteiger partial charge in [-0.15, -0.1) is 15.3 Å². The van der Waals surface area contributed by atoms with Gasteiger partial charge in [-0.3, -0.25) is 0 Å².